The molecule has 0 radical (unpaired) electrons. The Morgan fingerprint density at radius 1 is 1.24 bits per heavy atom. The lowest BCUT2D eigenvalue weighted by Gasteiger charge is -2.57. The number of methoxy groups -OCH3 is 1. The van der Waals surface area contributed by atoms with Gasteiger partial charge in [0.25, 0.3) is 0 Å². The van der Waals surface area contributed by atoms with E-state index >= 15 is 0 Å². The molecule has 3 aliphatic heterocycles. The fourth-order valence-corrected chi connectivity index (χ4v) is 8.76. The largest absolute Gasteiger partial charge is 0.564 e. The first-order valence-electron chi connectivity index (χ1n) is 17.2. The van der Waals surface area contributed by atoms with Crippen LogP contribution in [0, 0.1) is 0 Å². The zero-order valence-corrected chi connectivity index (χ0v) is 28.7. The first-order chi connectivity index (χ1) is 23.8. The molecule has 6 rings (SSSR count). The summed E-state index contributed by atoms with van der Waals surface area (Å²) in [6.07, 6.45) is 3.43. The highest BCUT2D eigenvalue weighted by Gasteiger charge is 2.74. The van der Waals surface area contributed by atoms with Crippen molar-refractivity contribution in [3.63, 3.8) is 0 Å². The van der Waals surface area contributed by atoms with Gasteiger partial charge in [0.05, 0.1) is 24.2 Å². The second kappa shape index (κ2) is 13.6. The Kier molecular flexibility index (Phi) is 9.61. The smallest absolute Gasteiger partial charge is 0.525 e. The van der Waals surface area contributed by atoms with Crippen molar-refractivity contribution >= 4 is 29.8 Å². The lowest BCUT2D eigenvalue weighted by molar-refractivity contribution is -0.160. The minimum Gasteiger partial charge on any atom is -0.564 e. The molecule has 1 aromatic rings. The number of nitrogens with two attached hydrogens (primary N) is 2. The van der Waals surface area contributed by atoms with Gasteiger partial charge in [0, 0.05) is 48.5 Å². The molecule has 7 atom stereocenters. The number of fused-ring (bicyclic) bond motifs is 2. The molecule has 50 heavy (non-hydrogen) atoms. The maximum Gasteiger partial charge on any atom is 0.525 e. The number of likely N-dealkylation sites (N-methyl/N-ethyl adjacent to an activating group) is 1. The minimum atomic E-state index is -1.18. The molecule has 2 bridgehead atoms. The van der Waals surface area contributed by atoms with E-state index in [2.05, 4.69) is 20.5 Å². The van der Waals surface area contributed by atoms with Gasteiger partial charge >= 0.3 is 12.1 Å². The molecule has 9 N–H and O–H groups in total. The molecule has 16 nitrogen and oxygen atoms in total. The summed E-state index contributed by atoms with van der Waals surface area (Å²) in [5.41, 5.74) is 10.8. The number of nitrogens with one attached hydrogen (secondary N) is 2. The van der Waals surface area contributed by atoms with E-state index < -0.39 is 53.5 Å². The number of carbonyl (C=O) groups excluding carboxylic acids is 4. The van der Waals surface area contributed by atoms with E-state index in [9.17, 15) is 24.3 Å². The van der Waals surface area contributed by atoms with Crippen molar-refractivity contribution in [2.24, 2.45) is 16.5 Å². The summed E-state index contributed by atoms with van der Waals surface area (Å²) in [6.45, 7) is 2.78. The maximum absolute atomic E-state index is 13.9. The number of guanidine groups is 1. The van der Waals surface area contributed by atoms with Crippen LogP contribution in [-0.4, -0.2) is 113 Å². The van der Waals surface area contributed by atoms with Gasteiger partial charge in [-0.1, -0.05) is 6.07 Å². The van der Waals surface area contributed by atoms with Crippen molar-refractivity contribution in [1.29, 1.82) is 0 Å². The topological polar surface area (TPSA) is 234 Å². The monoisotopic (exact) mass is 698 g/mol. The number of carbonyl (C=O) groups is 4. The molecular weight excluding hydrogens is 650 g/mol. The molecule has 2 saturated heterocycles. The number of benzene rings is 1. The maximum atomic E-state index is 13.9. The lowest BCUT2D eigenvalue weighted by Crippen LogP contribution is -2.69. The predicted octanol–water partition coefficient (Wildman–Crippen LogP) is -0.222. The first-order valence-corrected chi connectivity index (χ1v) is 17.2. The SMILES string of the molecule is COc1ccc2c3c1O[C@H]1C(OC(=O)N4CCCCC4CNC(=O)[C@H](CCCN=C(N)N)NC(=O)CC(=O)[OH2+])=CC[C@@]4(O)[C@@H](C)N(C)C2C[C@]314. The van der Waals surface area contributed by atoms with E-state index in [1.807, 2.05) is 26.1 Å². The number of amides is 3. The third-order valence-corrected chi connectivity index (χ3v) is 11.3. The molecule has 5 aliphatic rings. The molecule has 1 aromatic carbocycles. The Bertz CT molecular complexity index is 1610. The Morgan fingerprint density at radius 3 is 2.74 bits per heavy atom. The van der Waals surface area contributed by atoms with Crippen molar-refractivity contribution in [3.8, 4) is 11.5 Å². The third-order valence-electron chi connectivity index (χ3n) is 11.3. The molecule has 3 amide bonds. The van der Waals surface area contributed by atoms with E-state index in [-0.39, 0.29) is 50.0 Å². The number of aliphatic hydroxyl groups is 1. The summed E-state index contributed by atoms with van der Waals surface area (Å²) in [6, 6.07) is 2.41. The highest BCUT2D eigenvalue weighted by atomic mass is 16.6. The van der Waals surface area contributed by atoms with Crippen molar-refractivity contribution in [3.05, 3.63) is 35.1 Å². The fraction of sp³-hybridized carbons (Fsp3) is 0.618. The molecule has 2 unspecified atom stereocenters. The molecule has 0 saturated carbocycles. The van der Waals surface area contributed by atoms with Crippen LogP contribution in [0.5, 0.6) is 11.5 Å². The molecule has 3 heterocycles. The number of likely N-dealkylation sites (tertiary alicyclic amines) is 2. The number of hydrogen-bond donors (Lipinski definition) is 5. The van der Waals surface area contributed by atoms with Gasteiger partial charge in [-0.3, -0.25) is 19.5 Å². The van der Waals surface area contributed by atoms with Gasteiger partial charge in [0.2, 0.25) is 11.8 Å². The summed E-state index contributed by atoms with van der Waals surface area (Å²) in [7, 11) is 3.61. The highest BCUT2D eigenvalue weighted by molar-refractivity contribution is 5.96. The standard InChI is InChI=1S/C34H47N7O9/c1-18-34(47)12-11-24(29-33(34)16-22(40(18)2)20-9-10-23(48-3)28(50-29)27(20)33)49-32(46)41-14-5-4-7-19(41)17-38-30(45)21(8-6-13-37-31(35)36)39-25(42)15-26(43)44/h9-11,18-19,21-22,29,47H,4-8,12-17H2,1-3H3,(H,38,45)(H,39,42)(H,43,44)(H4,35,36,37)/p+1/t18-,19?,21+,22?,29+,33+,34-/m1/s1. The number of nitrogens with zero attached hydrogens (tertiary/aromatic N) is 3. The predicted molar refractivity (Wildman–Crippen MR) is 180 cm³/mol. The number of piperidine rings is 2. The molecule has 2 aliphatic carbocycles. The zero-order chi connectivity index (χ0) is 36.0. The molecule has 2 fully saturated rings. The minimum absolute atomic E-state index is 0.0639. The zero-order valence-electron chi connectivity index (χ0n) is 28.7. The van der Waals surface area contributed by atoms with Gasteiger partial charge < -0.3 is 51.4 Å². The van der Waals surface area contributed by atoms with Crippen LogP contribution in [0.25, 0.3) is 0 Å². The van der Waals surface area contributed by atoms with Crippen LogP contribution in [0.1, 0.15) is 75.5 Å². The van der Waals surface area contributed by atoms with Crippen LogP contribution in [0.15, 0.2) is 29.0 Å². The quantitative estimate of drug-likeness (QED) is 0.0629. The second-order valence-corrected chi connectivity index (χ2v) is 14.0. The number of ether oxygens (including phenoxy) is 3. The Labute approximate surface area is 290 Å². The normalized spacial score (nSPS) is 29.5. The fourth-order valence-electron chi connectivity index (χ4n) is 8.76. The third kappa shape index (κ3) is 5.87. The molecule has 16 heteroatoms. The summed E-state index contributed by atoms with van der Waals surface area (Å²) < 4.78 is 18.5. The van der Waals surface area contributed by atoms with E-state index in [1.54, 1.807) is 18.1 Å². The van der Waals surface area contributed by atoms with Crippen LogP contribution < -0.4 is 31.6 Å². The van der Waals surface area contributed by atoms with E-state index in [0.717, 1.165) is 24.0 Å². The molecular formula is C34H48N7O9+. The van der Waals surface area contributed by atoms with Crippen molar-refractivity contribution in [1.82, 2.24) is 20.4 Å². The Morgan fingerprint density at radius 2 is 2.02 bits per heavy atom. The van der Waals surface area contributed by atoms with Crippen molar-refractivity contribution in [2.75, 3.05) is 33.8 Å². The molecule has 272 valence electrons. The van der Waals surface area contributed by atoms with Crippen molar-refractivity contribution < 1.29 is 43.6 Å². The van der Waals surface area contributed by atoms with E-state index in [4.69, 9.17) is 30.8 Å². The van der Waals surface area contributed by atoms with E-state index in [0.29, 0.717) is 43.1 Å². The first kappa shape index (κ1) is 35.3. The average molecular weight is 699 g/mol. The summed E-state index contributed by atoms with van der Waals surface area (Å²) in [5, 5.41) is 24.9. The summed E-state index contributed by atoms with van der Waals surface area (Å²) in [4.78, 5) is 58.4. The van der Waals surface area contributed by atoms with Crippen LogP contribution in [0.3, 0.4) is 0 Å². The van der Waals surface area contributed by atoms with Gasteiger partial charge in [-0.15, -0.1) is 0 Å². The Balaban J connectivity index is 1.17. The second-order valence-electron chi connectivity index (χ2n) is 14.0. The van der Waals surface area contributed by atoms with Crippen LogP contribution in [0.4, 0.5) is 4.79 Å². The van der Waals surface area contributed by atoms with Gasteiger partial charge in [0.1, 0.15) is 11.8 Å². The van der Waals surface area contributed by atoms with Gasteiger partial charge in [0.15, 0.2) is 30.0 Å². The average Bonchev–Trinajstić information content (AvgIpc) is 3.60. The summed E-state index contributed by atoms with van der Waals surface area (Å²) in [5.74, 6) is -0.916. The number of aliphatic imine (C=N–C) groups is 1. The van der Waals surface area contributed by atoms with Gasteiger partial charge in [-0.25, -0.2) is 4.79 Å². The van der Waals surface area contributed by atoms with Gasteiger partial charge in [-0.05, 0) is 70.2 Å². The van der Waals surface area contributed by atoms with E-state index in [1.165, 1.54) is 0 Å². The van der Waals surface area contributed by atoms with Crippen LogP contribution in [0.2, 0.25) is 0 Å². The molecule has 1 spiro atoms. The molecule has 0 aromatic heterocycles. The lowest BCUT2D eigenvalue weighted by atomic mass is 9.56. The van der Waals surface area contributed by atoms with Crippen LogP contribution in [-0.2, 0) is 24.5 Å². The van der Waals surface area contributed by atoms with Crippen molar-refractivity contribution in [2.45, 2.75) is 99.6 Å². The highest BCUT2D eigenvalue weighted by Crippen LogP contribution is 2.70. The summed E-state index contributed by atoms with van der Waals surface area (Å²) >= 11 is 0. The van der Waals surface area contributed by atoms with Gasteiger partial charge in [-0.2, -0.15) is 0 Å². The Hall–Kier alpha value is -4.57. The number of rotatable bonds is 12. The number of hydrogen-bond acceptors (Lipinski definition) is 10. The van der Waals surface area contributed by atoms with Crippen LogP contribution >= 0.6 is 0 Å².